The zero-order valence-corrected chi connectivity index (χ0v) is 11.9. The fourth-order valence-electron chi connectivity index (χ4n) is 1.82. The molecule has 96 valence electrons. The molecule has 1 heterocycles. The van der Waals surface area contributed by atoms with Gasteiger partial charge in [-0.25, -0.2) is 0 Å². The first-order chi connectivity index (χ1) is 8.70. The number of benzene rings is 1. The molecular weight excluding hydrogens is 292 g/mol. The van der Waals surface area contributed by atoms with Crippen molar-refractivity contribution < 1.29 is 0 Å². The van der Waals surface area contributed by atoms with Crippen molar-refractivity contribution in [3.63, 3.8) is 0 Å². The van der Waals surface area contributed by atoms with Gasteiger partial charge in [-0.15, -0.1) is 0 Å². The molecule has 3 N–H and O–H groups in total. The van der Waals surface area contributed by atoms with Gasteiger partial charge < -0.3 is 11.1 Å². The van der Waals surface area contributed by atoms with Gasteiger partial charge in [-0.05, 0) is 17.7 Å². The van der Waals surface area contributed by atoms with Crippen molar-refractivity contribution in [2.45, 2.75) is 6.42 Å². The molecule has 0 aliphatic carbocycles. The van der Waals surface area contributed by atoms with Crippen molar-refractivity contribution >= 4 is 21.6 Å². The van der Waals surface area contributed by atoms with Crippen LogP contribution in [0.1, 0.15) is 11.3 Å². The molecular formula is C13H17BrN4. The SMILES string of the molecule is Cn1ncc(NCCN)c1Cc1ccc(Br)cc1. The number of aromatic nitrogens is 2. The second-order valence-corrected chi connectivity index (χ2v) is 5.06. The number of anilines is 1. The number of rotatable bonds is 5. The van der Waals surface area contributed by atoms with Gasteiger partial charge in [0.25, 0.3) is 0 Å². The normalized spacial score (nSPS) is 10.6. The molecule has 2 aromatic rings. The summed E-state index contributed by atoms with van der Waals surface area (Å²) < 4.78 is 3.00. The Hall–Kier alpha value is -1.33. The maximum absolute atomic E-state index is 5.51. The Kier molecular flexibility index (Phi) is 4.38. The van der Waals surface area contributed by atoms with E-state index in [9.17, 15) is 0 Å². The van der Waals surface area contributed by atoms with Crippen LogP contribution in [-0.2, 0) is 13.5 Å². The van der Waals surface area contributed by atoms with Crippen molar-refractivity contribution in [3.05, 3.63) is 46.2 Å². The summed E-state index contributed by atoms with van der Waals surface area (Å²) in [6, 6.07) is 8.34. The summed E-state index contributed by atoms with van der Waals surface area (Å²) in [5.74, 6) is 0. The molecule has 0 atom stereocenters. The van der Waals surface area contributed by atoms with Crippen molar-refractivity contribution in [1.29, 1.82) is 0 Å². The summed E-state index contributed by atoms with van der Waals surface area (Å²) >= 11 is 3.44. The summed E-state index contributed by atoms with van der Waals surface area (Å²) in [7, 11) is 1.96. The average molecular weight is 309 g/mol. The Morgan fingerprint density at radius 3 is 2.72 bits per heavy atom. The van der Waals surface area contributed by atoms with E-state index in [2.05, 4.69) is 50.6 Å². The Labute approximate surface area is 115 Å². The second-order valence-electron chi connectivity index (χ2n) is 4.15. The zero-order valence-electron chi connectivity index (χ0n) is 10.4. The molecule has 1 aromatic carbocycles. The van der Waals surface area contributed by atoms with Gasteiger partial charge >= 0.3 is 0 Å². The molecule has 2 rings (SSSR count). The van der Waals surface area contributed by atoms with Crippen LogP contribution >= 0.6 is 15.9 Å². The number of nitrogens with zero attached hydrogens (tertiary/aromatic N) is 2. The van der Waals surface area contributed by atoms with Crippen LogP contribution in [0.4, 0.5) is 5.69 Å². The smallest absolute Gasteiger partial charge is 0.0762 e. The van der Waals surface area contributed by atoms with Crippen molar-refractivity contribution in [3.8, 4) is 0 Å². The van der Waals surface area contributed by atoms with E-state index in [1.54, 1.807) is 0 Å². The third kappa shape index (κ3) is 3.11. The monoisotopic (exact) mass is 308 g/mol. The van der Waals surface area contributed by atoms with E-state index in [1.807, 2.05) is 17.9 Å². The standard InChI is InChI=1S/C13H17BrN4/c1-18-13(12(9-17-18)16-7-6-15)8-10-2-4-11(14)5-3-10/h2-5,9,16H,6-8,15H2,1H3. The van der Waals surface area contributed by atoms with Crippen LogP contribution in [0.3, 0.4) is 0 Å². The maximum Gasteiger partial charge on any atom is 0.0762 e. The molecule has 0 radical (unpaired) electrons. The van der Waals surface area contributed by atoms with Crippen LogP contribution in [0.15, 0.2) is 34.9 Å². The first kappa shape index (κ1) is 13.1. The van der Waals surface area contributed by atoms with Gasteiger partial charge in [0.15, 0.2) is 0 Å². The Morgan fingerprint density at radius 2 is 2.06 bits per heavy atom. The lowest BCUT2D eigenvalue weighted by molar-refractivity contribution is 0.724. The van der Waals surface area contributed by atoms with Gasteiger partial charge in [0, 0.05) is 31.0 Å². The predicted molar refractivity (Wildman–Crippen MR) is 77.7 cm³/mol. The molecule has 0 unspecified atom stereocenters. The topological polar surface area (TPSA) is 55.9 Å². The van der Waals surface area contributed by atoms with Crippen LogP contribution < -0.4 is 11.1 Å². The van der Waals surface area contributed by atoms with E-state index in [-0.39, 0.29) is 0 Å². The summed E-state index contributed by atoms with van der Waals surface area (Å²) in [5.41, 5.74) is 9.00. The Morgan fingerprint density at radius 1 is 1.33 bits per heavy atom. The van der Waals surface area contributed by atoms with Gasteiger partial charge in [0.05, 0.1) is 17.6 Å². The van der Waals surface area contributed by atoms with Crippen LogP contribution in [0.5, 0.6) is 0 Å². The van der Waals surface area contributed by atoms with E-state index in [0.29, 0.717) is 6.54 Å². The molecule has 0 fully saturated rings. The first-order valence-electron chi connectivity index (χ1n) is 5.90. The van der Waals surface area contributed by atoms with Gasteiger partial charge in [0.1, 0.15) is 0 Å². The Bertz CT molecular complexity index is 504. The molecule has 1 aromatic heterocycles. The highest BCUT2D eigenvalue weighted by molar-refractivity contribution is 9.10. The summed E-state index contributed by atoms with van der Waals surface area (Å²) in [6.45, 7) is 1.38. The van der Waals surface area contributed by atoms with Crippen molar-refractivity contribution in [1.82, 2.24) is 9.78 Å². The highest BCUT2D eigenvalue weighted by Crippen LogP contribution is 2.19. The van der Waals surface area contributed by atoms with E-state index in [1.165, 1.54) is 11.3 Å². The van der Waals surface area contributed by atoms with Crippen LogP contribution in [0.25, 0.3) is 0 Å². The number of nitrogens with one attached hydrogen (secondary N) is 1. The molecule has 5 heteroatoms. The summed E-state index contributed by atoms with van der Waals surface area (Å²) in [4.78, 5) is 0. The second kappa shape index (κ2) is 6.02. The lowest BCUT2D eigenvalue weighted by Crippen LogP contribution is -2.14. The highest BCUT2D eigenvalue weighted by Gasteiger charge is 2.08. The summed E-state index contributed by atoms with van der Waals surface area (Å²) in [5, 5.41) is 7.59. The van der Waals surface area contributed by atoms with Crippen molar-refractivity contribution in [2.24, 2.45) is 12.8 Å². The predicted octanol–water partition coefficient (Wildman–Crippen LogP) is 2.14. The fourth-order valence-corrected chi connectivity index (χ4v) is 2.09. The quantitative estimate of drug-likeness (QED) is 0.890. The van der Waals surface area contributed by atoms with Gasteiger partial charge in [-0.3, -0.25) is 4.68 Å². The maximum atomic E-state index is 5.51. The minimum atomic E-state index is 0.618. The summed E-state index contributed by atoms with van der Waals surface area (Å²) in [6.07, 6.45) is 2.71. The lowest BCUT2D eigenvalue weighted by atomic mass is 10.1. The number of nitrogens with two attached hydrogens (primary N) is 1. The van der Waals surface area contributed by atoms with Crippen molar-refractivity contribution in [2.75, 3.05) is 18.4 Å². The minimum Gasteiger partial charge on any atom is -0.381 e. The number of hydrogen-bond acceptors (Lipinski definition) is 3. The largest absolute Gasteiger partial charge is 0.381 e. The van der Waals surface area contributed by atoms with E-state index in [0.717, 1.165) is 23.1 Å². The van der Waals surface area contributed by atoms with Crippen LogP contribution in [0.2, 0.25) is 0 Å². The fraction of sp³-hybridized carbons (Fsp3) is 0.308. The molecule has 0 aliphatic rings. The minimum absolute atomic E-state index is 0.618. The van der Waals surface area contributed by atoms with Gasteiger partial charge in [0.2, 0.25) is 0 Å². The van der Waals surface area contributed by atoms with Gasteiger partial charge in [-0.2, -0.15) is 5.10 Å². The number of hydrogen-bond donors (Lipinski definition) is 2. The van der Waals surface area contributed by atoms with Crippen LogP contribution in [-0.4, -0.2) is 22.9 Å². The number of aryl methyl sites for hydroxylation is 1. The van der Waals surface area contributed by atoms with E-state index < -0.39 is 0 Å². The lowest BCUT2D eigenvalue weighted by Gasteiger charge is -2.08. The molecule has 0 aliphatic heterocycles. The first-order valence-corrected chi connectivity index (χ1v) is 6.69. The molecule has 4 nitrogen and oxygen atoms in total. The Balaban J connectivity index is 2.17. The molecule has 18 heavy (non-hydrogen) atoms. The van der Waals surface area contributed by atoms with Crippen LogP contribution in [0, 0.1) is 0 Å². The number of halogens is 1. The molecule has 0 bridgehead atoms. The molecule has 0 saturated heterocycles. The average Bonchev–Trinajstić information content (AvgIpc) is 2.71. The highest BCUT2D eigenvalue weighted by atomic mass is 79.9. The van der Waals surface area contributed by atoms with Gasteiger partial charge in [-0.1, -0.05) is 28.1 Å². The van der Waals surface area contributed by atoms with E-state index in [4.69, 9.17) is 5.73 Å². The van der Waals surface area contributed by atoms with E-state index >= 15 is 0 Å². The zero-order chi connectivity index (χ0) is 13.0. The molecule has 0 amide bonds. The molecule has 0 saturated carbocycles. The third-order valence-corrected chi connectivity index (χ3v) is 3.33. The third-order valence-electron chi connectivity index (χ3n) is 2.81. The molecule has 0 spiro atoms.